The van der Waals surface area contributed by atoms with Gasteiger partial charge in [-0.25, -0.2) is 0 Å². The minimum absolute atomic E-state index is 0.0638. The summed E-state index contributed by atoms with van der Waals surface area (Å²) in [5, 5.41) is 0. The van der Waals surface area contributed by atoms with E-state index in [1.165, 1.54) is 27.8 Å². The fraction of sp³-hybridized carbons (Fsp3) is 0.0952. The van der Waals surface area contributed by atoms with Crippen molar-refractivity contribution in [1.29, 1.82) is 0 Å². The van der Waals surface area contributed by atoms with E-state index in [2.05, 4.69) is 238 Å². The number of hydrogen-bond donors (Lipinski definition) is 0. The largest absolute Gasteiger partial charge is 0.256 e. The van der Waals surface area contributed by atoms with E-state index < -0.39 is 0 Å². The lowest BCUT2D eigenvalue weighted by Gasteiger charge is -2.19. The second kappa shape index (κ2) is 21.1. The lowest BCUT2D eigenvalue weighted by atomic mass is 9.87. The van der Waals surface area contributed by atoms with Gasteiger partial charge in [0.05, 0.1) is 17.1 Å². The van der Waals surface area contributed by atoms with Crippen LogP contribution >= 0.6 is 0 Å². The molecule has 0 atom stereocenters. The van der Waals surface area contributed by atoms with Crippen LogP contribution in [0.3, 0.4) is 0 Å². The maximum absolute atomic E-state index is 4.82. The lowest BCUT2D eigenvalue weighted by molar-refractivity contribution is 0.589. The molecule has 0 bridgehead atoms. The first-order chi connectivity index (χ1) is 32.3. The standard InChI is InChI=1S/C61H49N3.C2H6/c1-61(2,3)57-36-37-62-60(41-57)56-24-20-44(21-25-56)14-17-47-38-48(18-15-45-22-34-58(63-42-45)54-30-26-52(27-31-54)50-10-6-4-7-11-50)40-49(39-47)19-16-46-23-35-59(64-43-46)55-32-28-53(29-33-55)51-12-8-5-9-13-51;1-2/h4-43H,1-3H3;1-2H3/b17-14+,18-15+,19-16+;. The first-order valence-electron chi connectivity index (χ1n) is 22.8. The Hall–Kier alpha value is -8.01. The summed E-state index contributed by atoms with van der Waals surface area (Å²) in [7, 11) is 0. The van der Waals surface area contributed by atoms with Crippen molar-refractivity contribution in [3.05, 3.63) is 246 Å². The van der Waals surface area contributed by atoms with Crippen molar-refractivity contribution in [2.45, 2.75) is 40.0 Å². The van der Waals surface area contributed by atoms with Gasteiger partial charge in [-0.05, 0) is 109 Å². The molecule has 0 aliphatic heterocycles. The zero-order valence-corrected chi connectivity index (χ0v) is 38.4. The second-order valence-corrected chi connectivity index (χ2v) is 17.1. The Morgan fingerprint density at radius 1 is 0.303 bits per heavy atom. The van der Waals surface area contributed by atoms with Crippen LogP contribution in [0.4, 0.5) is 0 Å². The molecule has 3 heterocycles. The number of aromatic nitrogens is 3. The molecule has 0 fully saturated rings. The molecule has 6 aromatic carbocycles. The monoisotopic (exact) mass is 853 g/mol. The fourth-order valence-corrected chi connectivity index (χ4v) is 7.67. The van der Waals surface area contributed by atoms with Gasteiger partial charge in [0.15, 0.2) is 0 Å². The van der Waals surface area contributed by atoms with E-state index in [9.17, 15) is 0 Å². The second-order valence-electron chi connectivity index (χ2n) is 17.1. The predicted octanol–water partition coefficient (Wildman–Crippen LogP) is 17.0. The third kappa shape index (κ3) is 11.6. The van der Waals surface area contributed by atoms with Gasteiger partial charge >= 0.3 is 0 Å². The van der Waals surface area contributed by atoms with Crippen LogP contribution in [0.25, 0.3) is 92.5 Å². The topological polar surface area (TPSA) is 38.7 Å². The van der Waals surface area contributed by atoms with Gasteiger partial charge in [0.25, 0.3) is 0 Å². The van der Waals surface area contributed by atoms with Crippen LogP contribution in [0, 0.1) is 0 Å². The zero-order chi connectivity index (χ0) is 45.7. The molecule has 0 spiro atoms. The normalized spacial score (nSPS) is 11.5. The zero-order valence-electron chi connectivity index (χ0n) is 38.4. The van der Waals surface area contributed by atoms with Crippen LogP contribution in [-0.4, -0.2) is 15.0 Å². The Balaban J connectivity index is 0.00000292. The average molecular weight is 854 g/mol. The molecule has 0 aliphatic carbocycles. The molecule has 3 heteroatoms. The smallest absolute Gasteiger partial charge is 0.0704 e. The Labute approximate surface area is 391 Å². The van der Waals surface area contributed by atoms with Crippen LogP contribution in [-0.2, 0) is 5.41 Å². The van der Waals surface area contributed by atoms with Crippen molar-refractivity contribution in [2.24, 2.45) is 0 Å². The SMILES string of the molecule is CC.CC(C)(C)c1ccnc(-c2ccc(/C=C/c3cc(/C=C/c4ccc(-c5ccc(-c6ccccc6)cc5)nc4)cc(/C=C/c4ccc(-c5ccc(-c6ccccc6)cc5)nc4)c3)cc2)c1. The molecule has 3 aromatic heterocycles. The maximum atomic E-state index is 4.82. The minimum Gasteiger partial charge on any atom is -0.256 e. The van der Waals surface area contributed by atoms with Gasteiger partial charge in [-0.2, -0.15) is 0 Å². The molecular formula is C63H55N3. The van der Waals surface area contributed by atoms with Gasteiger partial charge in [0.2, 0.25) is 0 Å². The molecule has 66 heavy (non-hydrogen) atoms. The van der Waals surface area contributed by atoms with E-state index in [1.54, 1.807) is 0 Å². The van der Waals surface area contributed by atoms with Crippen LogP contribution in [0.15, 0.2) is 207 Å². The number of rotatable bonds is 11. The number of benzene rings is 6. The van der Waals surface area contributed by atoms with Crippen LogP contribution in [0.1, 0.15) is 73.6 Å². The predicted molar refractivity (Wildman–Crippen MR) is 283 cm³/mol. The maximum Gasteiger partial charge on any atom is 0.0704 e. The molecule has 9 rings (SSSR count). The first-order valence-corrected chi connectivity index (χ1v) is 22.8. The van der Waals surface area contributed by atoms with Gasteiger partial charge in [-0.3, -0.25) is 15.0 Å². The summed E-state index contributed by atoms with van der Waals surface area (Å²) in [5.41, 5.74) is 18.8. The number of nitrogens with zero attached hydrogens (tertiary/aromatic N) is 3. The molecule has 0 saturated carbocycles. The summed E-state index contributed by atoms with van der Waals surface area (Å²) in [5.74, 6) is 0. The van der Waals surface area contributed by atoms with E-state index in [-0.39, 0.29) is 5.41 Å². The highest BCUT2D eigenvalue weighted by Crippen LogP contribution is 2.29. The molecule has 9 aromatic rings. The van der Waals surface area contributed by atoms with Crippen molar-refractivity contribution < 1.29 is 0 Å². The minimum atomic E-state index is 0.0638. The summed E-state index contributed by atoms with van der Waals surface area (Å²) in [6.45, 7) is 10.7. The average Bonchev–Trinajstić information content (AvgIpc) is 3.38. The summed E-state index contributed by atoms with van der Waals surface area (Å²) < 4.78 is 0. The van der Waals surface area contributed by atoms with Crippen molar-refractivity contribution in [1.82, 2.24) is 15.0 Å². The Morgan fingerprint density at radius 2 is 0.652 bits per heavy atom. The van der Waals surface area contributed by atoms with Gasteiger partial charge in [-0.1, -0.05) is 217 Å². The van der Waals surface area contributed by atoms with E-state index >= 15 is 0 Å². The van der Waals surface area contributed by atoms with E-state index in [4.69, 9.17) is 9.97 Å². The van der Waals surface area contributed by atoms with Crippen molar-refractivity contribution >= 4 is 36.5 Å². The molecule has 0 unspecified atom stereocenters. The highest BCUT2D eigenvalue weighted by atomic mass is 14.7. The Kier molecular flexibility index (Phi) is 14.3. The Morgan fingerprint density at radius 3 is 1.06 bits per heavy atom. The van der Waals surface area contributed by atoms with Crippen LogP contribution < -0.4 is 0 Å². The van der Waals surface area contributed by atoms with Crippen LogP contribution in [0.5, 0.6) is 0 Å². The van der Waals surface area contributed by atoms with Gasteiger partial charge < -0.3 is 0 Å². The fourth-order valence-electron chi connectivity index (χ4n) is 7.67. The third-order valence-electron chi connectivity index (χ3n) is 11.4. The number of hydrogen-bond acceptors (Lipinski definition) is 3. The molecule has 0 amide bonds. The number of pyridine rings is 3. The molecule has 3 nitrogen and oxygen atoms in total. The molecule has 0 aliphatic rings. The van der Waals surface area contributed by atoms with Crippen molar-refractivity contribution in [3.8, 4) is 56.0 Å². The van der Waals surface area contributed by atoms with Crippen molar-refractivity contribution in [2.75, 3.05) is 0 Å². The van der Waals surface area contributed by atoms with Crippen LogP contribution in [0.2, 0.25) is 0 Å². The molecular weight excluding hydrogens is 799 g/mol. The Bertz CT molecular complexity index is 2890. The highest BCUT2D eigenvalue weighted by Gasteiger charge is 2.14. The molecule has 0 radical (unpaired) electrons. The van der Waals surface area contributed by atoms with Gasteiger partial charge in [0, 0.05) is 35.3 Å². The lowest BCUT2D eigenvalue weighted by Crippen LogP contribution is -2.11. The summed E-state index contributed by atoms with van der Waals surface area (Å²) >= 11 is 0. The molecule has 0 saturated heterocycles. The van der Waals surface area contributed by atoms with E-state index in [1.807, 2.05) is 44.6 Å². The summed E-state index contributed by atoms with van der Waals surface area (Å²) in [6.07, 6.45) is 18.7. The third-order valence-corrected chi connectivity index (χ3v) is 11.4. The highest BCUT2D eigenvalue weighted by molar-refractivity contribution is 5.80. The molecule has 322 valence electrons. The summed E-state index contributed by atoms with van der Waals surface area (Å²) in [6, 6.07) is 66.1. The van der Waals surface area contributed by atoms with E-state index in [0.717, 1.165) is 67.2 Å². The first kappa shape index (κ1) is 44.6. The molecule has 0 N–H and O–H groups in total. The van der Waals surface area contributed by atoms with E-state index in [0.29, 0.717) is 0 Å². The van der Waals surface area contributed by atoms with Gasteiger partial charge in [0.1, 0.15) is 0 Å². The summed E-state index contributed by atoms with van der Waals surface area (Å²) in [4.78, 5) is 14.3. The van der Waals surface area contributed by atoms with Gasteiger partial charge in [-0.15, -0.1) is 0 Å². The quantitative estimate of drug-likeness (QED) is 0.122. The van der Waals surface area contributed by atoms with Crippen molar-refractivity contribution in [3.63, 3.8) is 0 Å².